The van der Waals surface area contributed by atoms with Crippen LogP contribution in [0, 0.1) is 0 Å². The lowest BCUT2D eigenvalue weighted by Crippen LogP contribution is -2.46. The second-order valence-corrected chi connectivity index (χ2v) is 17.9. The minimum Gasteiger partial charge on any atom is -0.458 e. The number of aliphatic hydroxyl groups excluding tert-OH is 2. The van der Waals surface area contributed by atoms with E-state index in [1.165, 1.54) is 141 Å². The van der Waals surface area contributed by atoms with Gasteiger partial charge in [-0.2, -0.15) is 0 Å². The van der Waals surface area contributed by atoms with E-state index in [4.69, 9.17) is 4.74 Å². The average molecular weight is 880 g/mol. The number of hydrogen-bond acceptors (Lipinski definition) is 5. The molecular formula is C57H101NO5. The quantitative estimate of drug-likeness (QED) is 0.0321. The molecule has 1 amide bonds. The molecule has 0 bridgehead atoms. The van der Waals surface area contributed by atoms with Gasteiger partial charge in [-0.25, -0.2) is 0 Å². The van der Waals surface area contributed by atoms with E-state index in [1.807, 2.05) is 6.08 Å². The number of nitrogens with one attached hydrogen (secondary N) is 1. The number of ether oxygens (including phenoxy) is 1. The Kier molecular flexibility index (Phi) is 48.1. The zero-order valence-corrected chi connectivity index (χ0v) is 41.4. The van der Waals surface area contributed by atoms with Crippen LogP contribution in [0.2, 0.25) is 0 Å². The number of unbranched alkanes of at least 4 members (excludes halogenated alkanes) is 25. The molecule has 6 nitrogen and oxygen atoms in total. The van der Waals surface area contributed by atoms with Gasteiger partial charge in [-0.15, -0.1) is 0 Å². The fourth-order valence-corrected chi connectivity index (χ4v) is 7.74. The summed E-state index contributed by atoms with van der Waals surface area (Å²) >= 11 is 0. The van der Waals surface area contributed by atoms with E-state index in [-0.39, 0.29) is 24.9 Å². The van der Waals surface area contributed by atoms with Crippen LogP contribution in [-0.4, -0.2) is 46.9 Å². The molecule has 0 heterocycles. The molecule has 0 aromatic rings. The predicted octanol–water partition coefficient (Wildman–Crippen LogP) is 16.2. The third kappa shape index (κ3) is 45.7. The fourth-order valence-electron chi connectivity index (χ4n) is 7.74. The first-order valence-corrected chi connectivity index (χ1v) is 26.7. The highest BCUT2D eigenvalue weighted by Crippen LogP contribution is 2.16. The number of aliphatic hydroxyl groups is 2. The van der Waals surface area contributed by atoms with Crippen LogP contribution in [-0.2, 0) is 14.3 Å². The van der Waals surface area contributed by atoms with E-state index >= 15 is 0 Å². The van der Waals surface area contributed by atoms with Gasteiger partial charge in [0.25, 0.3) is 0 Å². The maximum Gasteiger partial charge on any atom is 0.306 e. The molecule has 0 spiro atoms. The number of rotatable bonds is 47. The number of hydrogen-bond donors (Lipinski definition) is 3. The van der Waals surface area contributed by atoms with Crippen molar-refractivity contribution in [3.63, 3.8) is 0 Å². The van der Waals surface area contributed by atoms with Crippen molar-refractivity contribution in [1.29, 1.82) is 0 Å². The maximum atomic E-state index is 13.2. The number of amides is 1. The zero-order valence-electron chi connectivity index (χ0n) is 41.4. The lowest BCUT2D eigenvalue weighted by Gasteiger charge is -2.23. The Labute approximate surface area is 390 Å². The van der Waals surface area contributed by atoms with Crippen LogP contribution in [0.5, 0.6) is 0 Å². The minimum absolute atomic E-state index is 0.0489. The summed E-state index contributed by atoms with van der Waals surface area (Å²) < 4.78 is 5.83. The molecule has 63 heavy (non-hydrogen) atoms. The SMILES string of the molecule is CC/C=C/C/C=C/C/C=C/C/C=C/C/C=C/C(CC(=O)NC(CO)C(O)CCCCCCCCCCCCCCCCC)OC(=O)CCCCCCCCC/C=C\CCCCCC. The van der Waals surface area contributed by atoms with Crippen LogP contribution in [0.4, 0.5) is 0 Å². The molecule has 3 atom stereocenters. The molecule has 0 fully saturated rings. The zero-order chi connectivity index (χ0) is 45.9. The Morgan fingerprint density at radius 2 is 0.889 bits per heavy atom. The highest BCUT2D eigenvalue weighted by atomic mass is 16.5. The van der Waals surface area contributed by atoms with Crippen molar-refractivity contribution in [3.05, 3.63) is 72.9 Å². The summed E-state index contributed by atoms with van der Waals surface area (Å²) in [7, 11) is 0. The van der Waals surface area contributed by atoms with Gasteiger partial charge < -0.3 is 20.3 Å². The molecule has 0 aliphatic carbocycles. The van der Waals surface area contributed by atoms with Crippen molar-refractivity contribution >= 4 is 11.9 Å². The Morgan fingerprint density at radius 3 is 1.35 bits per heavy atom. The predicted molar refractivity (Wildman–Crippen MR) is 273 cm³/mol. The Morgan fingerprint density at radius 1 is 0.492 bits per heavy atom. The second-order valence-electron chi connectivity index (χ2n) is 17.9. The highest BCUT2D eigenvalue weighted by molar-refractivity contribution is 5.78. The summed E-state index contributed by atoms with van der Waals surface area (Å²) in [5.74, 6) is -0.632. The minimum atomic E-state index is -0.822. The van der Waals surface area contributed by atoms with E-state index in [9.17, 15) is 19.8 Å². The molecule has 0 aromatic heterocycles. The lowest BCUT2D eigenvalue weighted by molar-refractivity contribution is -0.148. The van der Waals surface area contributed by atoms with Crippen LogP contribution < -0.4 is 5.32 Å². The number of carbonyl (C=O) groups excluding carboxylic acids is 2. The Balaban J connectivity index is 4.69. The van der Waals surface area contributed by atoms with Gasteiger partial charge >= 0.3 is 5.97 Å². The van der Waals surface area contributed by atoms with Crippen LogP contribution in [0.1, 0.15) is 252 Å². The van der Waals surface area contributed by atoms with Crippen molar-refractivity contribution in [2.24, 2.45) is 0 Å². The van der Waals surface area contributed by atoms with E-state index < -0.39 is 18.2 Å². The standard InChI is InChI=1S/C57H101NO5/c1-4-7-10-13-16-19-22-25-28-31-34-37-40-43-46-49-55(60)54(52-59)58-56(61)51-53(48-45-42-39-36-33-30-27-24-21-18-15-12-9-6-3)63-57(62)50-47-44-41-38-35-32-29-26-23-20-17-14-11-8-5-2/h9,12,18,20-21,23,27,30,36,39,45,48,53-55,59-60H,4-8,10-11,13-17,19,22,24-26,28-29,31-35,37-38,40-44,46-47,49-52H2,1-3H3,(H,58,61)/b12-9+,21-18+,23-20-,30-27+,39-36+,48-45+. The summed E-state index contributed by atoms with van der Waals surface area (Å²) in [4.78, 5) is 26.1. The van der Waals surface area contributed by atoms with Crippen molar-refractivity contribution in [1.82, 2.24) is 5.32 Å². The number of esters is 1. The molecule has 3 unspecified atom stereocenters. The van der Waals surface area contributed by atoms with Gasteiger partial charge in [0, 0.05) is 6.42 Å². The van der Waals surface area contributed by atoms with E-state index in [0.29, 0.717) is 19.3 Å². The molecule has 0 saturated heterocycles. The van der Waals surface area contributed by atoms with Crippen molar-refractivity contribution in [2.75, 3.05) is 6.61 Å². The van der Waals surface area contributed by atoms with Crippen LogP contribution >= 0.6 is 0 Å². The molecule has 0 aliphatic rings. The van der Waals surface area contributed by atoms with Crippen molar-refractivity contribution in [2.45, 2.75) is 270 Å². The first-order valence-electron chi connectivity index (χ1n) is 26.7. The molecule has 0 rings (SSSR count). The third-order valence-corrected chi connectivity index (χ3v) is 11.8. The second kappa shape index (κ2) is 50.3. The van der Waals surface area contributed by atoms with Gasteiger partial charge in [0.2, 0.25) is 5.91 Å². The normalized spacial score (nSPS) is 13.8. The first-order chi connectivity index (χ1) is 31.0. The molecule has 0 saturated carbocycles. The van der Waals surface area contributed by atoms with E-state index in [0.717, 1.165) is 64.2 Å². The number of allylic oxidation sites excluding steroid dienone is 11. The van der Waals surface area contributed by atoms with Crippen LogP contribution in [0.25, 0.3) is 0 Å². The Bertz CT molecular complexity index is 1170. The lowest BCUT2D eigenvalue weighted by atomic mass is 10.0. The largest absolute Gasteiger partial charge is 0.458 e. The summed E-state index contributed by atoms with van der Waals surface area (Å²) in [6, 6.07) is -0.745. The van der Waals surface area contributed by atoms with Gasteiger partial charge in [0.1, 0.15) is 6.10 Å². The molecule has 364 valence electrons. The van der Waals surface area contributed by atoms with E-state index in [1.54, 1.807) is 6.08 Å². The van der Waals surface area contributed by atoms with Gasteiger partial charge in [0.15, 0.2) is 0 Å². The van der Waals surface area contributed by atoms with Gasteiger partial charge in [-0.3, -0.25) is 9.59 Å². The van der Waals surface area contributed by atoms with Crippen LogP contribution in [0.3, 0.4) is 0 Å². The molecule has 3 N–H and O–H groups in total. The van der Waals surface area contributed by atoms with Gasteiger partial charge in [-0.1, -0.05) is 235 Å². The van der Waals surface area contributed by atoms with Gasteiger partial charge in [0.05, 0.1) is 25.2 Å². The highest BCUT2D eigenvalue weighted by Gasteiger charge is 2.23. The summed E-state index contributed by atoms with van der Waals surface area (Å²) in [5, 5.41) is 23.7. The van der Waals surface area contributed by atoms with E-state index in [2.05, 4.69) is 86.8 Å². The Hall–Kier alpha value is -2.70. The first kappa shape index (κ1) is 60.3. The molecule has 0 aromatic carbocycles. The average Bonchev–Trinajstić information content (AvgIpc) is 3.28. The molecule has 6 heteroatoms. The monoisotopic (exact) mass is 880 g/mol. The molecule has 0 radical (unpaired) electrons. The third-order valence-electron chi connectivity index (χ3n) is 11.8. The van der Waals surface area contributed by atoms with Crippen LogP contribution in [0.15, 0.2) is 72.9 Å². The van der Waals surface area contributed by atoms with Gasteiger partial charge in [-0.05, 0) is 76.7 Å². The topological polar surface area (TPSA) is 95.9 Å². The summed E-state index contributed by atoms with van der Waals surface area (Å²) in [6.45, 7) is 6.33. The summed E-state index contributed by atoms with van der Waals surface area (Å²) in [6.07, 6.45) is 64.2. The van der Waals surface area contributed by atoms with Crippen molar-refractivity contribution in [3.8, 4) is 0 Å². The fraction of sp³-hybridized carbons (Fsp3) is 0.754. The number of carbonyl (C=O) groups is 2. The molecule has 0 aliphatic heterocycles. The summed E-state index contributed by atoms with van der Waals surface area (Å²) in [5.41, 5.74) is 0. The maximum absolute atomic E-state index is 13.2. The molecular weight excluding hydrogens is 779 g/mol. The van der Waals surface area contributed by atoms with Crippen molar-refractivity contribution < 1.29 is 24.5 Å². The smallest absolute Gasteiger partial charge is 0.306 e.